The number of nitriles is 1. The van der Waals surface area contributed by atoms with Crippen LogP contribution in [0.1, 0.15) is 24.1 Å². The maximum atomic E-state index is 12.5. The van der Waals surface area contributed by atoms with Crippen LogP contribution in [0.2, 0.25) is 5.02 Å². The number of pyridine rings is 1. The van der Waals surface area contributed by atoms with Gasteiger partial charge < -0.3 is 19.8 Å². The number of rotatable bonds is 5. The minimum atomic E-state index is -0.406. The monoisotopic (exact) mass is 385 g/mol. The lowest BCUT2D eigenvalue weighted by atomic mass is 10.1. The minimum Gasteiger partial charge on any atom is -0.495 e. The van der Waals surface area contributed by atoms with Crippen molar-refractivity contribution in [1.29, 1.82) is 5.26 Å². The molecule has 9 heteroatoms. The third-order valence-corrected chi connectivity index (χ3v) is 4.32. The lowest BCUT2D eigenvalue weighted by molar-refractivity contribution is 0.396. The van der Waals surface area contributed by atoms with Crippen LogP contribution in [0.3, 0.4) is 0 Å². The van der Waals surface area contributed by atoms with E-state index in [2.05, 4.69) is 20.3 Å². The van der Waals surface area contributed by atoms with Gasteiger partial charge in [0, 0.05) is 17.0 Å². The minimum absolute atomic E-state index is 0.161. The van der Waals surface area contributed by atoms with Crippen molar-refractivity contribution in [3.05, 3.63) is 50.9 Å². The molecule has 0 saturated heterocycles. The molecule has 138 valence electrons. The number of fused-ring (bicyclic) bond motifs is 1. The van der Waals surface area contributed by atoms with Crippen LogP contribution < -0.4 is 20.3 Å². The van der Waals surface area contributed by atoms with Crippen molar-refractivity contribution in [2.75, 3.05) is 19.5 Å². The van der Waals surface area contributed by atoms with E-state index in [1.54, 1.807) is 25.1 Å². The van der Waals surface area contributed by atoms with Crippen molar-refractivity contribution >= 4 is 28.5 Å². The van der Waals surface area contributed by atoms with Gasteiger partial charge in [-0.1, -0.05) is 11.6 Å². The Kier molecular flexibility index (Phi) is 5.14. The fraction of sp³-hybridized carbons (Fsp3) is 0.222. The van der Waals surface area contributed by atoms with E-state index < -0.39 is 6.04 Å². The standard InChI is InChI=1S/C18H16ClN5O3/c1-9(22-18-21-8-11(7-20)17(24-18)27-3)12-4-10-5-13(19)15(26-2)6-14(10)23-16(12)25/h4-6,8-9H,1-3H3,(H,23,25)(H,21,22,24). The fourth-order valence-electron chi connectivity index (χ4n) is 2.64. The zero-order valence-electron chi connectivity index (χ0n) is 14.8. The van der Waals surface area contributed by atoms with Crippen molar-refractivity contribution in [1.82, 2.24) is 15.0 Å². The van der Waals surface area contributed by atoms with Gasteiger partial charge in [-0.2, -0.15) is 10.2 Å². The number of hydrogen-bond donors (Lipinski definition) is 2. The summed E-state index contributed by atoms with van der Waals surface area (Å²) in [5.41, 5.74) is 1.07. The first-order valence-corrected chi connectivity index (χ1v) is 8.32. The summed E-state index contributed by atoms with van der Waals surface area (Å²) in [6, 6.07) is 6.69. The average molecular weight is 386 g/mol. The average Bonchev–Trinajstić information content (AvgIpc) is 2.67. The van der Waals surface area contributed by atoms with Crippen LogP contribution in [0.5, 0.6) is 11.6 Å². The van der Waals surface area contributed by atoms with Crippen LogP contribution in [0.4, 0.5) is 5.95 Å². The summed E-state index contributed by atoms with van der Waals surface area (Å²) in [4.78, 5) is 23.5. The molecular formula is C18H16ClN5O3. The molecule has 3 rings (SSSR count). The summed E-state index contributed by atoms with van der Waals surface area (Å²) in [5, 5.41) is 13.3. The second-order valence-corrected chi connectivity index (χ2v) is 6.13. The van der Waals surface area contributed by atoms with E-state index in [4.69, 9.17) is 26.3 Å². The second kappa shape index (κ2) is 7.51. The molecule has 2 heterocycles. The number of hydrogen-bond acceptors (Lipinski definition) is 7. The summed E-state index contributed by atoms with van der Waals surface area (Å²) in [7, 11) is 2.93. The van der Waals surface area contributed by atoms with Gasteiger partial charge in [0.15, 0.2) is 0 Å². The highest BCUT2D eigenvalue weighted by Gasteiger charge is 2.15. The van der Waals surface area contributed by atoms with Crippen LogP contribution in [-0.4, -0.2) is 29.2 Å². The van der Waals surface area contributed by atoms with Gasteiger partial charge in [-0.05, 0) is 19.1 Å². The molecule has 0 aliphatic rings. The van der Waals surface area contributed by atoms with Gasteiger partial charge in [-0.25, -0.2) is 4.98 Å². The van der Waals surface area contributed by atoms with Crippen molar-refractivity contribution in [2.24, 2.45) is 0 Å². The Hall–Kier alpha value is -3.31. The molecule has 1 atom stereocenters. The van der Waals surface area contributed by atoms with Crippen molar-refractivity contribution in [2.45, 2.75) is 13.0 Å². The van der Waals surface area contributed by atoms with Crippen LogP contribution in [0.15, 0.2) is 29.2 Å². The van der Waals surface area contributed by atoms with E-state index >= 15 is 0 Å². The molecule has 2 N–H and O–H groups in total. The highest BCUT2D eigenvalue weighted by Crippen LogP contribution is 2.29. The Morgan fingerprint density at radius 3 is 2.74 bits per heavy atom. The second-order valence-electron chi connectivity index (χ2n) is 5.72. The molecular weight excluding hydrogens is 370 g/mol. The number of nitrogens with zero attached hydrogens (tertiary/aromatic N) is 3. The van der Waals surface area contributed by atoms with Gasteiger partial charge in [-0.15, -0.1) is 0 Å². The lowest BCUT2D eigenvalue weighted by Crippen LogP contribution is -2.20. The fourth-order valence-corrected chi connectivity index (χ4v) is 2.89. The number of H-pyrrole nitrogens is 1. The Morgan fingerprint density at radius 1 is 1.30 bits per heavy atom. The summed E-state index contributed by atoms with van der Waals surface area (Å²) in [5.74, 6) is 0.885. The van der Waals surface area contributed by atoms with Gasteiger partial charge in [0.1, 0.15) is 17.4 Å². The van der Waals surface area contributed by atoms with Crippen LogP contribution in [0.25, 0.3) is 10.9 Å². The Morgan fingerprint density at radius 2 is 2.07 bits per heavy atom. The maximum absolute atomic E-state index is 12.5. The number of ether oxygens (including phenoxy) is 2. The molecule has 3 aromatic rings. The van der Waals surface area contributed by atoms with Gasteiger partial charge in [-0.3, -0.25) is 4.79 Å². The number of methoxy groups -OCH3 is 2. The van der Waals surface area contributed by atoms with Gasteiger partial charge >= 0.3 is 0 Å². The highest BCUT2D eigenvalue weighted by atomic mass is 35.5. The third kappa shape index (κ3) is 3.64. The normalized spacial score (nSPS) is 11.7. The molecule has 27 heavy (non-hydrogen) atoms. The third-order valence-electron chi connectivity index (χ3n) is 4.03. The summed E-state index contributed by atoms with van der Waals surface area (Å²) in [6.45, 7) is 1.80. The highest BCUT2D eigenvalue weighted by molar-refractivity contribution is 6.32. The maximum Gasteiger partial charge on any atom is 0.253 e. The summed E-state index contributed by atoms with van der Waals surface area (Å²) < 4.78 is 10.2. The molecule has 0 amide bonds. The molecule has 2 aromatic heterocycles. The molecule has 1 aromatic carbocycles. The number of aromatic nitrogens is 3. The molecule has 0 aliphatic heterocycles. The lowest BCUT2D eigenvalue weighted by Gasteiger charge is -2.15. The first-order valence-electron chi connectivity index (χ1n) is 7.95. The van der Waals surface area contributed by atoms with Crippen LogP contribution in [0, 0.1) is 11.3 Å². The van der Waals surface area contributed by atoms with Gasteiger partial charge in [0.25, 0.3) is 5.56 Å². The molecule has 0 spiro atoms. The van der Waals surface area contributed by atoms with E-state index in [-0.39, 0.29) is 23.0 Å². The van der Waals surface area contributed by atoms with Crippen molar-refractivity contribution in [3.63, 3.8) is 0 Å². The van der Waals surface area contributed by atoms with E-state index in [0.29, 0.717) is 21.9 Å². The Bertz CT molecular complexity index is 1110. The summed E-state index contributed by atoms with van der Waals surface area (Å²) in [6.07, 6.45) is 1.36. The van der Waals surface area contributed by atoms with E-state index in [1.807, 2.05) is 6.07 Å². The van der Waals surface area contributed by atoms with Gasteiger partial charge in [0.2, 0.25) is 11.8 Å². The SMILES string of the molecule is COc1cc2[nH]c(=O)c(C(C)Nc3ncc(C#N)c(OC)n3)cc2cc1Cl. The van der Waals surface area contributed by atoms with E-state index in [0.717, 1.165) is 5.39 Å². The molecule has 0 aliphatic carbocycles. The molecule has 0 radical (unpaired) electrons. The summed E-state index contributed by atoms with van der Waals surface area (Å²) >= 11 is 6.17. The van der Waals surface area contributed by atoms with E-state index in [1.165, 1.54) is 20.4 Å². The number of anilines is 1. The first-order chi connectivity index (χ1) is 13.0. The topological polar surface area (TPSA) is 113 Å². The van der Waals surface area contributed by atoms with Crippen molar-refractivity contribution in [3.8, 4) is 17.7 Å². The van der Waals surface area contributed by atoms with E-state index in [9.17, 15) is 4.79 Å². The number of aromatic amines is 1. The zero-order valence-corrected chi connectivity index (χ0v) is 15.6. The van der Waals surface area contributed by atoms with Gasteiger partial charge in [0.05, 0.1) is 37.0 Å². The largest absolute Gasteiger partial charge is 0.495 e. The molecule has 0 saturated carbocycles. The Labute approximate surface area is 159 Å². The number of halogens is 1. The molecule has 0 bridgehead atoms. The van der Waals surface area contributed by atoms with Crippen LogP contribution in [-0.2, 0) is 0 Å². The van der Waals surface area contributed by atoms with Crippen LogP contribution >= 0.6 is 11.6 Å². The molecule has 1 unspecified atom stereocenters. The molecule has 8 nitrogen and oxygen atoms in total. The van der Waals surface area contributed by atoms with Crippen molar-refractivity contribution < 1.29 is 9.47 Å². The Balaban J connectivity index is 1.96. The molecule has 0 fully saturated rings. The predicted octanol–water partition coefficient (Wildman–Crippen LogP) is 3.03. The number of nitrogens with one attached hydrogen (secondary N) is 2. The first kappa shape index (κ1) is 18.5. The quantitative estimate of drug-likeness (QED) is 0.693. The smallest absolute Gasteiger partial charge is 0.253 e. The predicted molar refractivity (Wildman–Crippen MR) is 101 cm³/mol. The number of benzene rings is 1. The zero-order chi connectivity index (χ0) is 19.6.